The fraction of sp³-hybridized carbons (Fsp3) is 0.121. The second-order valence-corrected chi connectivity index (χ2v) is 9.98. The Morgan fingerprint density at radius 2 is 1.46 bits per heavy atom. The van der Waals surface area contributed by atoms with E-state index < -0.39 is 6.04 Å². The molecule has 8 heteroatoms. The summed E-state index contributed by atoms with van der Waals surface area (Å²) in [5.41, 5.74) is 5.40. The molecule has 1 atom stereocenters. The molecule has 0 bridgehead atoms. The van der Waals surface area contributed by atoms with Gasteiger partial charge in [0, 0.05) is 35.4 Å². The molecule has 1 aromatic heterocycles. The van der Waals surface area contributed by atoms with Crippen LogP contribution in [0, 0.1) is 0 Å². The number of para-hydroxylation sites is 1. The molecule has 7 nitrogen and oxygen atoms in total. The molecular weight excluding hydrogens is 536 g/mol. The van der Waals surface area contributed by atoms with Gasteiger partial charge in [0.05, 0.1) is 47.9 Å². The van der Waals surface area contributed by atoms with Gasteiger partial charge in [-0.2, -0.15) is 10.2 Å². The van der Waals surface area contributed by atoms with Gasteiger partial charge in [-0.05, 0) is 36.4 Å². The van der Waals surface area contributed by atoms with Crippen molar-refractivity contribution in [1.29, 1.82) is 0 Å². The van der Waals surface area contributed by atoms with E-state index in [0.29, 0.717) is 28.5 Å². The van der Waals surface area contributed by atoms with Gasteiger partial charge in [-0.15, -0.1) is 0 Å². The van der Waals surface area contributed by atoms with Crippen molar-refractivity contribution in [2.45, 2.75) is 12.5 Å². The number of rotatable bonds is 7. The lowest BCUT2D eigenvalue weighted by Gasteiger charge is -2.22. The molecule has 204 valence electrons. The van der Waals surface area contributed by atoms with E-state index >= 15 is 0 Å². The summed E-state index contributed by atoms with van der Waals surface area (Å²) in [6, 6.07) is 32.0. The highest BCUT2D eigenvalue weighted by Gasteiger charge is 2.37. The summed E-state index contributed by atoms with van der Waals surface area (Å²) in [5.74, 6) is 0.977. The average Bonchev–Trinajstić information content (AvgIpc) is 3.67. The van der Waals surface area contributed by atoms with Crippen molar-refractivity contribution in [3.05, 3.63) is 131 Å². The first-order valence-corrected chi connectivity index (χ1v) is 13.5. The number of halogens is 1. The third-order valence-corrected chi connectivity index (χ3v) is 7.41. The van der Waals surface area contributed by atoms with E-state index in [9.17, 15) is 4.79 Å². The Morgan fingerprint density at radius 3 is 2.12 bits per heavy atom. The third kappa shape index (κ3) is 5.19. The third-order valence-electron chi connectivity index (χ3n) is 7.08. The summed E-state index contributed by atoms with van der Waals surface area (Å²) < 4.78 is 12.9. The number of hydrogen-bond donors (Lipinski definition) is 0. The normalized spacial score (nSPS) is 14.6. The molecule has 0 unspecified atom stereocenters. The number of carbonyl (C=O) groups excluding carboxylic acids is 1. The van der Waals surface area contributed by atoms with E-state index in [1.54, 1.807) is 44.6 Å². The number of benzene rings is 4. The van der Waals surface area contributed by atoms with E-state index in [0.717, 1.165) is 33.8 Å². The van der Waals surface area contributed by atoms with Crippen LogP contribution in [0.15, 0.2) is 114 Å². The standard InChI is InChI=1S/C33H27ClN4O3/c1-40-25-17-23(18-26(19-25)41-2)30-20-31(38(35-30)33(39)27-15-9-10-16-29(27)34)28-21-37(24-13-7-4-8-14-24)36-32(28)22-11-5-3-6-12-22/h3-19,21,31H,20H2,1-2H3/t31-/m1/s1. The maximum atomic E-state index is 14.1. The van der Waals surface area contributed by atoms with Gasteiger partial charge in [-0.3, -0.25) is 4.79 Å². The Balaban J connectivity index is 1.51. The molecule has 0 N–H and O–H groups in total. The van der Waals surface area contributed by atoms with E-state index in [1.165, 1.54) is 5.01 Å². The van der Waals surface area contributed by atoms with Crippen LogP contribution in [0.2, 0.25) is 5.02 Å². The Hall–Kier alpha value is -4.88. The second-order valence-electron chi connectivity index (χ2n) is 9.58. The van der Waals surface area contributed by atoms with Gasteiger partial charge in [0.25, 0.3) is 5.91 Å². The molecule has 0 spiro atoms. The lowest BCUT2D eigenvalue weighted by molar-refractivity contribution is 0.0712. The highest BCUT2D eigenvalue weighted by atomic mass is 35.5. The first-order chi connectivity index (χ1) is 20.1. The van der Waals surface area contributed by atoms with E-state index in [-0.39, 0.29) is 5.91 Å². The molecule has 0 saturated carbocycles. The van der Waals surface area contributed by atoms with E-state index in [2.05, 4.69) is 0 Å². The minimum atomic E-state index is -0.446. The number of nitrogens with zero attached hydrogens (tertiary/aromatic N) is 4. The molecule has 4 aromatic carbocycles. The lowest BCUT2D eigenvalue weighted by Crippen LogP contribution is -2.27. The number of carbonyl (C=O) groups is 1. The molecule has 0 saturated heterocycles. The molecule has 2 heterocycles. The highest BCUT2D eigenvalue weighted by Crippen LogP contribution is 2.40. The molecule has 41 heavy (non-hydrogen) atoms. The Bertz CT molecular complexity index is 1710. The van der Waals surface area contributed by atoms with Gasteiger partial charge < -0.3 is 9.47 Å². The molecular formula is C33H27ClN4O3. The topological polar surface area (TPSA) is 69.0 Å². The average molecular weight is 563 g/mol. The summed E-state index contributed by atoms with van der Waals surface area (Å²) in [6.45, 7) is 0. The predicted molar refractivity (Wildman–Crippen MR) is 160 cm³/mol. The number of hydrogen-bond acceptors (Lipinski definition) is 5. The monoisotopic (exact) mass is 562 g/mol. The highest BCUT2D eigenvalue weighted by molar-refractivity contribution is 6.33. The Kier molecular flexibility index (Phi) is 7.27. The zero-order chi connectivity index (χ0) is 28.3. The molecule has 0 radical (unpaired) electrons. The van der Waals surface area contributed by atoms with Crippen molar-refractivity contribution < 1.29 is 14.3 Å². The van der Waals surface area contributed by atoms with Crippen molar-refractivity contribution in [3.63, 3.8) is 0 Å². The molecule has 0 fully saturated rings. The summed E-state index contributed by atoms with van der Waals surface area (Å²) in [4.78, 5) is 14.1. The van der Waals surface area contributed by atoms with Crippen LogP contribution in [0.25, 0.3) is 16.9 Å². The zero-order valence-corrected chi connectivity index (χ0v) is 23.3. The van der Waals surface area contributed by atoms with Crippen LogP contribution in [-0.2, 0) is 0 Å². The van der Waals surface area contributed by atoms with Crippen LogP contribution in [0.3, 0.4) is 0 Å². The molecule has 6 rings (SSSR count). The van der Waals surface area contributed by atoms with Crippen molar-refractivity contribution in [2.24, 2.45) is 5.10 Å². The number of methoxy groups -OCH3 is 2. The molecule has 1 amide bonds. The minimum Gasteiger partial charge on any atom is -0.497 e. The van der Waals surface area contributed by atoms with E-state index in [4.69, 9.17) is 31.3 Å². The fourth-order valence-corrected chi connectivity index (χ4v) is 5.23. The summed E-state index contributed by atoms with van der Waals surface area (Å²) in [6.07, 6.45) is 2.44. The maximum Gasteiger partial charge on any atom is 0.276 e. The largest absolute Gasteiger partial charge is 0.497 e. The number of ether oxygens (including phenoxy) is 2. The van der Waals surface area contributed by atoms with Crippen LogP contribution in [0.5, 0.6) is 11.5 Å². The quantitative estimate of drug-likeness (QED) is 0.210. The maximum absolute atomic E-state index is 14.1. The smallest absolute Gasteiger partial charge is 0.276 e. The molecule has 1 aliphatic heterocycles. The number of aromatic nitrogens is 2. The summed E-state index contributed by atoms with van der Waals surface area (Å²) in [7, 11) is 3.21. The van der Waals surface area contributed by atoms with Crippen molar-refractivity contribution in [3.8, 4) is 28.4 Å². The van der Waals surface area contributed by atoms with E-state index in [1.807, 2.05) is 83.7 Å². The summed E-state index contributed by atoms with van der Waals surface area (Å²) >= 11 is 6.49. The van der Waals surface area contributed by atoms with Crippen LogP contribution in [0.4, 0.5) is 0 Å². The predicted octanol–water partition coefficient (Wildman–Crippen LogP) is 7.20. The van der Waals surface area contributed by atoms with Gasteiger partial charge >= 0.3 is 0 Å². The Morgan fingerprint density at radius 1 is 0.829 bits per heavy atom. The van der Waals surface area contributed by atoms with Gasteiger partial charge in [0.1, 0.15) is 11.5 Å². The van der Waals surface area contributed by atoms with Gasteiger partial charge in [0.15, 0.2) is 0 Å². The van der Waals surface area contributed by atoms with Crippen molar-refractivity contribution >= 4 is 23.2 Å². The fourth-order valence-electron chi connectivity index (χ4n) is 5.01. The van der Waals surface area contributed by atoms with Gasteiger partial charge in [-0.1, -0.05) is 72.3 Å². The number of amides is 1. The summed E-state index contributed by atoms with van der Waals surface area (Å²) in [5, 5.41) is 11.8. The zero-order valence-electron chi connectivity index (χ0n) is 22.6. The van der Waals surface area contributed by atoms with Crippen molar-refractivity contribution in [2.75, 3.05) is 14.2 Å². The first kappa shape index (κ1) is 26.3. The van der Waals surface area contributed by atoms with Crippen LogP contribution < -0.4 is 9.47 Å². The SMILES string of the molecule is COc1cc(OC)cc(C2=NN(C(=O)c3ccccc3Cl)[C@@H](c3cn(-c4ccccc4)nc3-c3ccccc3)C2)c1. The number of hydrazone groups is 1. The van der Waals surface area contributed by atoms with Crippen LogP contribution in [-0.4, -0.2) is 40.6 Å². The Labute approximate surface area is 243 Å². The second kappa shape index (κ2) is 11.3. The molecule has 0 aliphatic carbocycles. The molecule has 1 aliphatic rings. The first-order valence-electron chi connectivity index (χ1n) is 13.1. The minimum absolute atomic E-state index is 0.295. The van der Waals surface area contributed by atoms with Crippen LogP contribution >= 0.6 is 11.6 Å². The van der Waals surface area contributed by atoms with Gasteiger partial charge in [-0.25, -0.2) is 9.69 Å². The molecule has 5 aromatic rings. The van der Waals surface area contributed by atoms with Gasteiger partial charge in [0.2, 0.25) is 0 Å². The van der Waals surface area contributed by atoms with Crippen LogP contribution in [0.1, 0.15) is 33.9 Å². The van der Waals surface area contributed by atoms with Crippen molar-refractivity contribution in [1.82, 2.24) is 14.8 Å². The lowest BCUT2D eigenvalue weighted by atomic mass is 9.96.